The van der Waals surface area contributed by atoms with Gasteiger partial charge in [0, 0.05) is 25.0 Å². The first kappa shape index (κ1) is 14.2. The molecule has 0 aromatic rings. The molecule has 2 rings (SSSR count). The standard InChI is InChI=1S/C14H24N2O3/c1-9(17)16-11-5-6-12(16)8-10(7-11)15-13(18)19-14(2,3)4/h10-12H,5-8H2,1-4H3,(H,15,18)/t10?,11-,12+. The highest BCUT2D eigenvalue weighted by molar-refractivity contribution is 5.74. The first-order valence-corrected chi connectivity index (χ1v) is 7.04. The SMILES string of the molecule is CC(=O)N1[C@@H]2CC[C@H]1CC(NC(=O)OC(C)(C)C)C2. The van der Waals surface area contributed by atoms with Crippen LogP contribution in [0.5, 0.6) is 0 Å². The Hall–Kier alpha value is -1.26. The van der Waals surface area contributed by atoms with E-state index in [1.54, 1.807) is 6.92 Å². The zero-order valence-corrected chi connectivity index (χ0v) is 12.2. The first-order valence-electron chi connectivity index (χ1n) is 7.04. The average Bonchev–Trinajstić information content (AvgIpc) is 2.48. The van der Waals surface area contributed by atoms with Crippen molar-refractivity contribution in [1.82, 2.24) is 10.2 Å². The van der Waals surface area contributed by atoms with Crippen molar-refractivity contribution >= 4 is 12.0 Å². The molecular weight excluding hydrogens is 244 g/mol. The highest BCUT2D eigenvalue weighted by Crippen LogP contribution is 2.35. The van der Waals surface area contributed by atoms with Gasteiger partial charge >= 0.3 is 6.09 Å². The number of hydrogen-bond acceptors (Lipinski definition) is 3. The summed E-state index contributed by atoms with van der Waals surface area (Å²) in [5.41, 5.74) is -0.469. The maximum absolute atomic E-state index is 11.8. The molecule has 2 amide bonds. The van der Waals surface area contributed by atoms with Crippen molar-refractivity contribution in [3.63, 3.8) is 0 Å². The molecule has 3 atom stereocenters. The van der Waals surface area contributed by atoms with Gasteiger partial charge in [0.15, 0.2) is 0 Å². The molecule has 5 nitrogen and oxygen atoms in total. The maximum atomic E-state index is 11.8. The summed E-state index contributed by atoms with van der Waals surface area (Å²) >= 11 is 0. The zero-order chi connectivity index (χ0) is 14.2. The molecule has 2 bridgehead atoms. The lowest BCUT2D eigenvalue weighted by Crippen LogP contribution is -2.52. The highest BCUT2D eigenvalue weighted by atomic mass is 16.6. The minimum Gasteiger partial charge on any atom is -0.444 e. The number of carbonyl (C=O) groups is 2. The Bertz CT molecular complexity index is 361. The van der Waals surface area contributed by atoms with Crippen LogP contribution in [0.3, 0.4) is 0 Å². The maximum Gasteiger partial charge on any atom is 0.407 e. The van der Waals surface area contributed by atoms with E-state index in [2.05, 4.69) is 5.32 Å². The van der Waals surface area contributed by atoms with E-state index in [0.717, 1.165) is 25.7 Å². The molecular formula is C14H24N2O3. The van der Waals surface area contributed by atoms with Crippen LogP contribution in [0.15, 0.2) is 0 Å². The van der Waals surface area contributed by atoms with Gasteiger partial charge in [-0.15, -0.1) is 0 Å². The number of ether oxygens (including phenoxy) is 1. The Morgan fingerprint density at radius 2 is 1.68 bits per heavy atom. The topological polar surface area (TPSA) is 58.6 Å². The summed E-state index contributed by atoms with van der Waals surface area (Å²) in [6.07, 6.45) is 3.44. The second-order valence-electron chi connectivity index (χ2n) is 6.63. The van der Waals surface area contributed by atoms with Gasteiger partial charge in [-0.05, 0) is 46.5 Å². The van der Waals surface area contributed by atoms with E-state index < -0.39 is 5.60 Å². The van der Waals surface area contributed by atoms with Crippen LogP contribution in [0.1, 0.15) is 53.4 Å². The van der Waals surface area contributed by atoms with E-state index >= 15 is 0 Å². The Morgan fingerprint density at radius 3 is 2.11 bits per heavy atom. The van der Waals surface area contributed by atoms with Crippen LogP contribution in [0.2, 0.25) is 0 Å². The average molecular weight is 268 g/mol. The summed E-state index contributed by atoms with van der Waals surface area (Å²) < 4.78 is 5.28. The van der Waals surface area contributed by atoms with Gasteiger partial charge in [-0.2, -0.15) is 0 Å². The fraction of sp³-hybridized carbons (Fsp3) is 0.857. The van der Waals surface area contributed by atoms with Crippen molar-refractivity contribution in [1.29, 1.82) is 0 Å². The van der Waals surface area contributed by atoms with E-state index in [9.17, 15) is 9.59 Å². The number of nitrogens with one attached hydrogen (secondary N) is 1. The number of amides is 2. The molecule has 5 heteroatoms. The minimum absolute atomic E-state index is 0.128. The Labute approximate surface area is 114 Å². The summed E-state index contributed by atoms with van der Waals surface area (Å²) in [5, 5.41) is 2.94. The molecule has 1 unspecified atom stereocenters. The predicted molar refractivity (Wildman–Crippen MR) is 71.7 cm³/mol. The molecule has 0 aliphatic carbocycles. The number of alkyl carbamates (subject to hydrolysis) is 1. The summed E-state index contributed by atoms with van der Waals surface area (Å²) in [4.78, 5) is 25.3. The number of hydrogen-bond donors (Lipinski definition) is 1. The van der Waals surface area contributed by atoms with E-state index in [1.165, 1.54) is 0 Å². The fourth-order valence-corrected chi connectivity index (χ4v) is 3.28. The van der Waals surface area contributed by atoms with Crippen molar-refractivity contribution in [2.24, 2.45) is 0 Å². The van der Waals surface area contributed by atoms with Crippen LogP contribution >= 0.6 is 0 Å². The summed E-state index contributed by atoms with van der Waals surface area (Å²) in [5.74, 6) is 0.156. The van der Waals surface area contributed by atoms with Crippen LogP contribution in [0.4, 0.5) is 4.79 Å². The fourth-order valence-electron chi connectivity index (χ4n) is 3.28. The number of fused-ring (bicyclic) bond motifs is 2. The largest absolute Gasteiger partial charge is 0.444 e. The lowest BCUT2D eigenvalue weighted by atomic mass is 9.97. The summed E-state index contributed by atoms with van der Waals surface area (Å²) in [6, 6.07) is 0.704. The molecule has 2 heterocycles. The predicted octanol–water partition coefficient (Wildman–Crippen LogP) is 2.05. The van der Waals surface area contributed by atoms with Crippen molar-refractivity contribution in [3.8, 4) is 0 Å². The summed E-state index contributed by atoms with van der Waals surface area (Å²) in [7, 11) is 0. The smallest absolute Gasteiger partial charge is 0.407 e. The molecule has 108 valence electrons. The monoisotopic (exact) mass is 268 g/mol. The number of rotatable bonds is 1. The molecule has 2 saturated heterocycles. The Kier molecular flexibility index (Phi) is 3.74. The third-order valence-electron chi connectivity index (χ3n) is 3.82. The molecule has 0 aromatic heterocycles. The molecule has 2 aliphatic heterocycles. The molecule has 19 heavy (non-hydrogen) atoms. The van der Waals surface area contributed by atoms with Crippen molar-refractivity contribution < 1.29 is 14.3 Å². The highest BCUT2D eigenvalue weighted by Gasteiger charge is 2.42. The van der Waals surface area contributed by atoms with Gasteiger partial charge in [-0.3, -0.25) is 4.79 Å². The molecule has 0 radical (unpaired) electrons. The molecule has 0 spiro atoms. The zero-order valence-electron chi connectivity index (χ0n) is 12.2. The van der Waals surface area contributed by atoms with E-state index in [4.69, 9.17) is 4.74 Å². The third-order valence-corrected chi connectivity index (χ3v) is 3.82. The van der Waals surface area contributed by atoms with Crippen LogP contribution in [0, 0.1) is 0 Å². The van der Waals surface area contributed by atoms with Gasteiger partial charge in [0.25, 0.3) is 0 Å². The van der Waals surface area contributed by atoms with Crippen molar-refractivity contribution in [2.75, 3.05) is 0 Å². The van der Waals surface area contributed by atoms with Crippen LogP contribution in [0.25, 0.3) is 0 Å². The second-order valence-corrected chi connectivity index (χ2v) is 6.63. The van der Waals surface area contributed by atoms with Crippen LogP contribution < -0.4 is 5.32 Å². The Balaban J connectivity index is 1.89. The van der Waals surface area contributed by atoms with Crippen LogP contribution in [-0.2, 0) is 9.53 Å². The molecule has 0 aromatic carbocycles. The Morgan fingerprint density at radius 1 is 1.16 bits per heavy atom. The number of carbonyl (C=O) groups excluding carboxylic acids is 2. The van der Waals surface area contributed by atoms with Crippen LogP contribution in [-0.4, -0.2) is 40.6 Å². The van der Waals surface area contributed by atoms with E-state index in [-0.39, 0.29) is 30.1 Å². The molecule has 2 aliphatic rings. The van der Waals surface area contributed by atoms with Gasteiger partial charge in [-0.25, -0.2) is 4.79 Å². The molecule has 1 N–H and O–H groups in total. The third kappa shape index (κ3) is 3.39. The lowest BCUT2D eigenvalue weighted by Gasteiger charge is -2.38. The van der Waals surface area contributed by atoms with Crippen molar-refractivity contribution in [2.45, 2.75) is 77.1 Å². The first-order chi connectivity index (χ1) is 8.76. The van der Waals surface area contributed by atoms with Gasteiger partial charge in [0.1, 0.15) is 5.60 Å². The van der Waals surface area contributed by atoms with Gasteiger partial charge in [-0.1, -0.05) is 0 Å². The normalized spacial score (nSPS) is 30.1. The second kappa shape index (κ2) is 5.02. The van der Waals surface area contributed by atoms with Gasteiger partial charge < -0.3 is 15.0 Å². The van der Waals surface area contributed by atoms with Gasteiger partial charge in [0.05, 0.1) is 0 Å². The van der Waals surface area contributed by atoms with E-state index in [0.29, 0.717) is 0 Å². The minimum atomic E-state index is -0.469. The quantitative estimate of drug-likeness (QED) is 0.792. The molecule has 0 saturated carbocycles. The number of piperidine rings is 1. The van der Waals surface area contributed by atoms with Crippen molar-refractivity contribution in [3.05, 3.63) is 0 Å². The van der Waals surface area contributed by atoms with E-state index in [1.807, 2.05) is 25.7 Å². The molecule has 2 fully saturated rings. The number of nitrogens with zero attached hydrogens (tertiary/aromatic N) is 1. The summed E-state index contributed by atoms with van der Waals surface area (Å²) in [6.45, 7) is 7.20. The lowest BCUT2D eigenvalue weighted by molar-refractivity contribution is -0.133. The van der Waals surface area contributed by atoms with Gasteiger partial charge in [0.2, 0.25) is 5.91 Å².